The minimum Gasteiger partial charge on any atom is -0.208 e. The van der Waals surface area contributed by atoms with Gasteiger partial charge < -0.3 is 0 Å². The lowest BCUT2D eigenvalue weighted by Gasteiger charge is -2.34. The van der Waals surface area contributed by atoms with Crippen LogP contribution in [0, 0.1) is 0 Å². The molecule has 0 aliphatic heterocycles. The molecule has 0 N–H and O–H groups in total. The second kappa shape index (κ2) is 14.7. The molecule has 0 amide bonds. The summed E-state index contributed by atoms with van der Waals surface area (Å²) >= 11 is 1.85. The summed E-state index contributed by atoms with van der Waals surface area (Å²) in [5.41, 5.74) is 14.1. The number of benzene rings is 9. The van der Waals surface area contributed by atoms with Crippen LogP contribution in [0.4, 0.5) is 0 Å². The van der Waals surface area contributed by atoms with Crippen LogP contribution in [0.1, 0.15) is 22.3 Å². The number of thiophene rings is 1. The molecule has 0 spiro atoms. The van der Waals surface area contributed by atoms with Gasteiger partial charge >= 0.3 is 0 Å². The third-order valence-corrected chi connectivity index (χ3v) is 13.7. The summed E-state index contributed by atoms with van der Waals surface area (Å²) in [7, 11) is 0. The van der Waals surface area contributed by atoms with Crippen LogP contribution in [0.15, 0.2) is 224 Å². The third kappa shape index (κ3) is 5.76. The van der Waals surface area contributed by atoms with Crippen LogP contribution in [0.3, 0.4) is 0 Å². The Hall–Kier alpha value is -7.79. The van der Waals surface area contributed by atoms with E-state index < -0.39 is 5.41 Å². The Morgan fingerprint density at radius 2 is 0.806 bits per heavy atom. The zero-order chi connectivity index (χ0) is 41.0. The molecular weight excluding hydrogens is 771 g/mol. The van der Waals surface area contributed by atoms with Crippen molar-refractivity contribution in [1.29, 1.82) is 0 Å². The first-order valence-corrected chi connectivity index (χ1v) is 21.8. The molecular formula is C58H37N3S. The van der Waals surface area contributed by atoms with Crippen molar-refractivity contribution in [2.45, 2.75) is 5.41 Å². The van der Waals surface area contributed by atoms with Crippen molar-refractivity contribution in [2.75, 3.05) is 0 Å². The van der Waals surface area contributed by atoms with Gasteiger partial charge in [-0.15, -0.1) is 11.3 Å². The Bertz CT molecular complexity index is 3390. The van der Waals surface area contributed by atoms with Gasteiger partial charge in [0, 0.05) is 42.4 Å². The van der Waals surface area contributed by atoms with E-state index in [-0.39, 0.29) is 0 Å². The maximum Gasteiger partial charge on any atom is 0.164 e. The minimum atomic E-state index is -0.574. The summed E-state index contributed by atoms with van der Waals surface area (Å²) < 4.78 is 2.50. The van der Waals surface area contributed by atoms with Crippen molar-refractivity contribution in [2.24, 2.45) is 0 Å². The normalized spacial score (nSPS) is 12.6. The average Bonchev–Trinajstić information content (AvgIpc) is 3.88. The Labute approximate surface area is 364 Å². The monoisotopic (exact) mass is 807 g/mol. The summed E-state index contributed by atoms with van der Waals surface area (Å²) in [5, 5.41) is 2.51. The van der Waals surface area contributed by atoms with Gasteiger partial charge in [-0.3, -0.25) is 0 Å². The molecule has 4 heteroatoms. The highest BCUT2D eigenvalue weighted by molar-refractivity contribution is 7.26. The van der Waals surface area contributed by atoms with Gasteiger partial charge in [-0.1, -0.05) is 206 Å². The minimum absolute atomic E-state index is 0.574. The summed E-state index contributed by atoms with van der Waals surface area (Å²) in [6.07, 6.45) is 0. The van der Waals surface area contributed by atoms with E-state index in [0.717, 1.165) is 33.4 Å². The molecule has 0 saturated carbocycles. The van der Waals surface area contributed by atoms with E-state index in [1.807, 2.05) is 35.6 Å². The largest absolute Gasteiger partial charge is 0.208 e. The lowest BCUT2D eigenvalue weighted by molar-refractivity contribution is 0.769. The van der Waals surface area contributed by atoms with Crippen LogP contribution in [0.2, 0.25) is 0 Å². The average molecular weight is 808 g/mol. The Kier molecular flexibility index (Phi) is 8.58. The number of rotatable bonds is 7. The van der Waals surface area contributed by atoms with Crippen LogP contribution in [0.5, 0.6) is 0 Å². The van der Waals surface area contributed by atoms with E-state index in [9.17, 15) is 0 Å². The van der Waals surface area contributed by atoms with Gasteiger partial charge in [0.2, 0.25) is 0 Å². The van der Waals surface area contributed by atoms with E-state index >= 15 is 0 Å². The lowest BCUT2D eigenvalue weighted by atomic mass is 9.67. The first-order valence-electron chi connectivity index (χ1n) is 21.0. The lowest BCUT2D eigenvalue weighted by Crippen LogP contribution is -2.28. The number of hydrogen-bond donors (Lipinski definition) is 0. The number of fused-ring (bicyclic) bond motifs is 6. The van der Waals surface area contributed by atoms with Crippen molar-refractivity contribution in [3.8, 4) is 67.5 Å². The fraction of sp³-hybridized carbons (Fsp3) is 0.0172. The molecule has 11 aromatic rings. The molecule has 1 aliphatic rings. The molecule has 62 heavy (non-hydrogen) atoms. The maximum absolute atomic E-state index is 5.43. The molecule has 0 bridgehead atoms. The van der Waals surface area contributed by atoms with Crippen molar-refractivity contribution < 1.29 is 0 Å². The second-order valence-corrected chi connectivity index (χ2v) is 16.9. The summed E-state index contributed by atoms with van der Waals surface area (Å²) in [6.45, 7) is 0. The second-order valence-electron chi connectivity index (χ2n) is 15.9. The number of nitrogens with zero attached hydrogens (tertiary/aromatic N) is 3. The van der Waals surface area contributed by atoms with Crippen LogP contribution in [0.25, 0.3) is 87.7 Å². The standard InChI is InChI=1S/C58H37N3S/c1-5-18-38(19-6-1)39-32-34-41(35-33-39)56-59-55(40-20-7-2-8-21-40)60-57(61-56)50-36-49-44-26-13-15-30-51(44)58(42-22-9-3-10-23-42,43-24-11-4-12-25-43)52(49)37-48(50)47-29-17-28-46-45-27-14-16-31-53(45)62-54(46)47/h1-37H. The van der Waals surface area contributed by atoms with Gasteiger partial charge in [-0.2, -0.15) is 0 Å². The molecule has 0 atom stereocenters. The number of hydrogen-bond acceptors (Lipinski definition) is 4. The van der Waals surface area contributed by atoms with Crippen molar-refractivity contribution in [1.82, 2.24) is 15.0 Å². The van der Waals surface area contributed by atoms with E-state index in [2.05, 4.69) is 200 Å². The predicted octanol–water partition coefficient (Wildman–Crippen LogP) is 14.9. The van der Waals surface area contributed by atoms with Crippen molar-refractivity contribution in [3.05, 3.63) is 247 Å². The van der Waals surface area contributed by atoms with E-state index in [1.54, 1.807) is 0 Å². The third-order valence-electron chi connectivity index (χ3n) is 12.4. The van der Waals surface area contributed by atoms with Gasteiger partial charge in [-0.25, -0.2) is 15.0 Å². The molecule has 3 nitrogen and oxygen atoms in total. The van der Waals surface area contributed by atoms with Crippen molar-refractivity contribution in [3.63, 3.8) is 0 Å². The van der Waals surface area contributed by atoms with Crippen molar-refractivity contribution >= 4 is 31.5 Å². The van der Waals surface area contributed by atoms with Gasteiger partial charge in [0.15, 0.2) is 17.5 Å². The van der Waals surface area contributed by atoms with Gasteiger partial charge in [0.05, 0.1) is 5.41 Å². The molecule has 1 aliphatic carbocycles. The fourth-order valence-corrected chi connectivity index (χ4v) is 10.9. The first kappa shape index (κ1) is 36.1. The quantitative estimate of drug-likeness (QED) is 0.161. The zero-order valence-corrected chi connectivity index (χ0v) is 34.4. The van der Waals surface area contributed by atoms with Crippen LogP contribution in [-0.4, -0.2) is 15.0 Å². The number of aromatic nitrogens is 3. The fourth-order valence-electron chi connectivity index (χ4n) is 9.64. The molecule has 0 saturated heterocycles. The highest BCUT2D eigenvalue weighted by atomic mass is 32.1. The van der Waals surface area contributed by atoms with E-state index in [1.165, 1.54) is 59.1 Å². The first-order chi connectivity index (χ1) is 30.7. The molecule has 0 radical (unpaired) electrons. The molecule has 2 heterocycles. The maximum atomic E-state index is 5.43. The summed E-state index contributed by atoms with van der Waals surface area (Å²) in [5.74, 6) is 1.89. The Morgan fingerprint density at radius 3 is 1.50 bits per heavy atom. The molecule has 290 valence electrons. The smallest absolute Gasteiger partial charge is 0.164 e. The topological polar surface area (TPSA) is 38.7 Å². The van der Waals surface area contributed by atoms with Crippen LogP contribution >= 0.6 is 11.3 Å². The Balaban J connectivity index is 1.18. The Morgan fingerprint density at radius 1 is 0.306 bits per heavy atom. The summed E-state index contributed by atoms with van der Waals surface area (Å²) in [6, 6.07) is 80.6. The SMILES string of the molecule is c1ccc(-c2ccc(-c3nc(-c4ccccc4)nc(-c4cc5c(cc4-c4cccc6c4sc4ccccc46)C(c4ccccc4)(c4ccccc4)c4ccccc4-5)n3)cc2)cc1. The molecule has 9 aromatic carbocycles. The molecule has 0 fully saturated rings. The molecule has 12 rings (SSSR count). The van der Waals surface area contributed by atoms with Crippen LogP contribution in [-0.2, 0) is 5.41 Å². The zero-order valence-electron chi connectivity index (χ0n) is 33.6. The van der Waals surface area contributed by atoms with Crippen LogP contribution < -0.4 is 0 Å². The van der Waals surface area contributed by atoms with Gasteiger partial charge in [0.1, 0.15) is 0 Å². The summed E-state index contributed by atoms with van der Waals surface area (Å²) in [4.78, 5) is 16.0. The van der Waals surface area contributed by atoms with Gasteiger partial charge in [-0.05, 0) is 68.3 Å². The van der Waals surface area contributed by atoms with E-state index in [0.29, 0.717) is 17.5 Å². The highest BCUT2D eigenvalue weighted by Crippen LogP contribution is 2.58. The van der Waals surface area contributed by atoms with Gasteiger partial charge in [0.25, 0.3) is 0 Å². The van der Waals surface area contributed by atoms with E-state index in [4.69, 9.17) is 15.0 Å². The highest BCUT2D eigenvalue weighted by Gasteiger charge is 2.46. The molecule has 2 aromatic heterocycles. The predicted molar refractivity (Wildman–Crippen MR) is 257 cm³/mol. The molecule has 0 unspecified atom stereocenters.